The van der Waals surface area contributed by atoms with Crippen LogP contribution in [0.4, 0.5) is 0 Å². The molecule has 0 aromatic heterocycles. The van der Waals surface area contributed by atoms with Gasteiger partial charge >= 0.3 is 0 Å². The summed E-state index contributed by atoms with van der Waals surface area (Å²) < 4.78 is -5.69. The molecule has 0 radical (unpaired) electrons. The molecule has 1 aromatic rings. The van der Waals surface area contributed by atoms with Crippen LogP contribution in [0.3, 0.4) is 0 Å². The maximum absolute atomic E-state index is 5.89. The van der Waals surface area contributed by atoms with E-state index in [1.807, 2.05) is 0 Å². The molecular formula is C9H3Cl9S. The number of hydrogen-bond acceptors (Lipinski definition) is 1. The Labute approximate surface area is 160 Å². The molecular weight excluding hydrogens is 459 g/mol. The lowest BCUT2D eigenvalue weighted by Crippen LogP contribution is -2.19. The smallest absolute Gasteiger partial charge is 0.143 e. The maximum atomic E-state index is 5.89. The molecule has 0 fully saturated rings. The molecule has 0 heterocycles. The number of alkyl halides is 9. The van der Waals surface area contributed by atoms with Crippen LogP contribution in [0.15, 0.2) is 17.0 Å². The van der Waals surface area contributed by atoms with Gasteiger partial charge < -0.3 is 0 Å². The Hall–Kier alpha value is 2.18. The summed E-state index contributed by atoms with van der Waals surface area (Å²) in [5.74, 6) is 0. The summed E-state index contributed by atoms with van der Waals surface area (Å²) in [7, 11) is 0. The van der Waals surface area contributed by atoms with Crippen LogP contribution in [-0.4, -0.2) is 0 Å². The molecule has 0 atom stereocenters. The van der Waals surface area contributed by atoms with E-state index in [0.717, 1.165) is 0 Å². The molecule has 1 rings (SSSR count). The number of rotatable bonds is 0. The van der Waals surface area contributed by atoms with Crippen LogP contribution < -0.4 is 0 Å². The van der Waals surface area contributed by atoms with Gasteiger partial charge in [-0.05, 0) is 12.1 Å². The van der Waals surface area contributed by atoms with Gasteiger partial charge in [-0.25, -0.2) is 0 Å². The number of halogens is 9. The molecule has 0 N–H and O–H groups in total. The maximum Gasteiger partial charge on any atom is 0.216 e. The summed E-state index contributed by atoms with van der Waals surface area (Å²) in [5, 5.41) is 0. The second-order valence-corrected chi connectivity index (χ2v) is 10.8. The van der Waals surface area contributed by atoms with Gasteiger partial charge in [-0.3, -0.25) is 0 Å². The van der Waals surface area contributed by atoms with Crippen molar-refractivity contribution < 1.29 is 0 Å². The first-order valence-electron chi connectivity index (χ1n) is 4.33. The van der Waals surface area contributed by atoms with Gasteiger partial charge in [-0.2, -0.15) is 0 Å². The predicted octanol–water partition coefficient (Wildman–Crippen LogP) is 7.46. The molecule has 0 unspecified atom stereocenters. The standard InChI is InChI=1S/C9H3Cl9S/c10-7(11,12)4-1-3(19)2-5(8(13,14)15)6(4)9(16,17)18/h1-2,19H. The summed E-state index contributed by atoms with van der Waals surface area (Å²) >= 11 is 56.9. The minimum Gasteiger partial charge on any atom is -0.143 e. The number of thiol groups is 1. The monoisotopic (exact) mass is 458 g/mol. The lowest BCUT2D eigenvalue weighted by atomic mass is 10.0. The normalized spacial score (nSPS) is 13.8. The lowest BCUT2D eigenvalue weighted by molar-refractivity contribution is 1.03. The zero-order valence-electron chi connectivity index (χ0n) is 8.50. The summed E-state index contributed by atoms with van der Waals surface area (Å²) in [4.78, 5) is 0.389. The average Bonchev–Trinajstić information content (AvgIpc) is 2.11. The molecule has 0 aliphatic heterocycles. The van der Waals surface area contributed by atoms with Gasteiger partial charge in [0.1, 0.15) is 0 Å². The van der Waals surface area contributed by atoms with Crippen molar-refractivity contribution in [2.24, 2.45) is 0 Å². The molecule has 0 bridgehead atoms. The van der Waals surface area contributed by atoms with Crippen LogP contribution in [0.1, 0.15) is 16.7 Å². The molecule has 0 spiro atoms. The van der Waals surface area contributed by atoms with Crippen molar-refractivity contribution in [1.29, 1.82) is 0 Å². The molecule has 0 aliphatic carbocycles. The van der Waals surface area contributed by atoms with Gasteiger partial charge in [0.25, 0.3) is 0 Å². The number of hydrogen-bond donors (Lipinski definition) is 1. The quantitative estimate of drug-likeness (QED) is 0.301. The minimum atomic E-state index is -1.94. The molecule has 0 amide bonds. The third-order valence-electron chi connectivity index (χ3n) is 2.02. The van der Waals surface area contributed by atoms with Crippen molar-refractivity contribution in [3.05, 3.63) is 28.8 Å². The molecule has 0 aliphatic rings. The third-order valence-corrected chi connectivity index (χ3v) is 4.06. The first-order chi connectivity index (χ1) is 8.24. The van der Waals surface area contributed by atoms with Gasteiger partial charge in [-0.1, -0.05) is 104 Å². The van der Waals surface area contributed by atoms with Crippen molar-refractivity contribution in [3.8, 4) is 0 Å². The summed E-state index contributed by atoms with van der Waals surface area (Å²) in [6, 6.07) is 2.85. The van der Waals surface area contributed by atoms with E-state index in [-0.39, 0.29) is 16.7 Å². The van der Waals surface area contributed by atoms with Crippen molar-refractivity contribution in [1.82, 2.24) is 0 Å². The van der Waals surface area contributed by atoms with Crippen LogP contribution in [0, 0.1) is 0 Å². The average molecular weight is 462 g/mol. The zero-order valence-corrected chi connectivity index (χ0v) is 16.2. The van der Waals surface area contributed by atoms with Crippen molar-refractivity contribution in [2.45, 2.75) is 16.3 Å². The van der Waals surface area contributed by atoms with Crippen LogP contribution in [-0.2, 0) is 11.4 Å². The Kier molecular flexibility index (Phi) is 6.43. The molecule has 1 aromatic carbocycles. The van der Waals surface area contributed by atoms with E-state index in [0.29, 0.717) is 4.90 Å². The molecule has 0 saturated carbocycles. The van der Waals surface area contributed by atoms with Crippen molar-refractivity contribution >= 4 is 117 Å². The van der Waals surface area contributed by atoms with E-state index in [1.54, 1.807) is 0 Å². The minimum absolute atomic E-state index is 0.00435. The van der Waals surface area contributed by atoms with E-state index in [2.05, 4.69) is 12.6 Å². The van der Waals surface area contributed by atoms with E-state index < -0.39 is 11.4 Å². The molecule has 0 nitrogen and oxygen atoms in total. The van der Waals surface area contributed by atoms with Gasteiger partial charge in [-0.15, -0.1) is 12.6 Å². The van der Waals surface area contributed by atoms with Crippen LogP contribution in [0.5, 0.6) is 0 Å². The van der Waals surface area contributed by atoms with Crippen LogP contribution in [0.2, 0.25) is 0 Å². The Bertz CT molecular complexity index is 445. The Morgan fingerprint density at radius 1 is 0.632 bits per heavy atom. The SMILES string of the molecule is Sc1cc(C(Cl)(Cl)Cl)c(C(Cl)(Cl)Cl)c(C(Cl)(Cl)Cl)c1. The fraction of sp³-hybridized carbons (Fsp3) is 0.333. The molecule has 19 heavy (non-hydrogen) atoms. The fourth-order valence-corrected chi connectivity index (χ4v) is 3.14. The molecule has 10 heteroatoms. The second kappa shape index (κ2) is 6.35. The van der Waals surface area contributed by atoms with Crippen molar-refractivity contribution in [3.63, 3.8) is 0 Å². The van der Waals surface area contributed by atoms with E-state index in [4.69, 9.17) is 104 Å². The van der Waals surface area contributed by atoms with Gasteiger partial charge in [0, 0.05) is 21.6 Å². The number of benzene rings is 1. The van der Waals surface area contributed by atoms with Gasteiger partial charge in [0.05, 0.1) is 0 Å². The topological polar surface area (TPSA) is 0 Å². The lowest BCUT2D eigenvalue weighted by Gasteiger charge is -2.27. The van der Waals surface area contributed by atoms with E-state index in [1.165, 1.54) is 12.1 Å². The first kappa shape index (κ1) is 19.2. The van der Waals surface area contributed by atoms with E-state index >= 15 is 0 Å². The summed E-state index contributed by atoms with van der Waals surface area (Å²) in [6.45, 7) is 0. The second-order valence-electron chi connectivity index (χ2n) is 3.41. The zero-order chi connectivity index (χ0) is 15.2. The predicted molar refractivity (Wildman–Crippen MR) is 91.4 cm³/mol. The summed E-state index contributed by atoms with van der Waals surface area (Å²) in [5.41, 5.74) is 0.146. The first-order valence-corrected chi connectivity index (χ1v) is 8.18. The third kappa shape index (κ3) is 5.10. The van der Waals surface area contributed by atoms with Crippen LogP contribution in [0.25, 0.3) is 0 Å². The molecule has 108 valence electrons. The highest BCUT2D eigenvalue weighted by Gasteiger charge is 2.41. The Morgan fingerprint density at radius 3 is 1.16 bits per heavy atom. The fourth-order valence-electron chi connectivity index (χ4n) is 1.38. The van der Waals surface area contributed by atoms with Gasteiger partial charge in [0.2, 0.25) is 11.4 Å². The highest BCUT2D eigenvalue weighted by Crippen LogP contribution is 2.54. The molecule has 0 saturated heterocycles. The van der Waals surface area contributed by atoms with Crippen molar-refractivity contribution in [2.75, 3.05) is 0 Å². The van der Waals surface area contributed by atoms with Gasteiger partial charge in [0.15, 0.2) is 0 Å². The summed E-state index contributed by atoms with van der Waals surface area (Å²) in [6.07, 6.45) is 0. The Balaban J connectivity index is 3.80. The highest BCUT2D eigenvalue weighted by molar-refractivity contribution is 7.80. The largest absolute Gasteiger partial charge is 0.216 e. The van der Waals surface area contributed by atoms with Crippen LogP contribution >= 0.6 is 117 Å². The van der Waals surface area contributed by atoms with E-state index in [9.17, 15) is 0 Å². The Morgan fingerprint density at radius 2 is 0.947 bits per heavy atom. The highest BCUT2D eigenvalue weighted by atomic mass is 35.6.